The van der Waals surface area contributed by atoms with Gasteiger partial charge in [0.15, 0.2) is 0 Å². The van der Waals surface area contributed by atoms with Gasteiger partial charge in [0.1, 0.15) is 5.58 Å². The maximum absolute atomic E-state index is 8.44. The molecule has 3 aromatic heterocycles. The molecule has 0 aliphatic carbocycles. The van der Waals surface area contributed by atoms with Crippen molar-refractivity contribution < 1.29 is 25.9 Å². The minimum Gasteiger partial charge on any atom is -0.501 e. The molecule has 0 fully saturated rings. The van der Waals surface area contributed by atoms with Gasteiger partial charge in [-0.3, -0.25) is 4.98 Å². The predicted molar refractivity (Wildman–Crippen MR) is 241 cm³/mol. The van der Waals surface area contributed by atoms with Crippen LogP contribution in [0.5, 0.6) is 0 Å². The molecule has 0 N–H and O–H groups in total. The Bertz CT molecular complexity index is 3090. The monoisotopic (exact) mass is 993 g/mol. The van der Waals surface area contributed by atoms with Gasteiger partial charge >= 0.3 is 120 Å². The van der Waals surface area contributed by atoms with Gasteiger partial charge in [-0.2, -0.15) is 0 Å². The number of furan rings is 1. The molecule has 3 heterocycles. The maximum Gasteiger partial charge on any atom is 0.120 e. The van der Waals surface area contributed by atoms with Gasteiger partial charge in [-0.05, 0) is 46.8 Å². The van der Waals surface area contributed by atoms with Gasteiger partial charge in [0, 0.05) is 36.6 Å². The van der Waals surface area contributed by atoms with E-state index in [2.05, 4.69) is 142 Å². The van der Waals surface area contributed by atoms with Crippen molar-refractivity contribution in [2.45, 2.75) is 37.0 Å². The standard InChI is InChI=1S/C35H21N2O.C17H22GeN.Ir/c1-2-10-23(11-3-1)25-21-20-24-12-8-18-31(29(24)22-25)37-32-17-6-5-16-30(32)36-35(37)28-15-9-14-27-26-13-4-7-19-33(26)38-34(27)28;1-13(2)15-11-17(14-9-7-6-8-10-14)19-12-16(15)18(3,4)5;/h1-14,16-22H;6-9,11-13H,1-5H3;/q2*-1;/i;13D;. The molecule has 4 nitrogen and oxygen atoms in total. The molecule has 6 heteroatoms. The van der Waals surface area contributed by atoms with Gasteiger partial charge in [-0.25, -0.2) is 0 Å². The van der Waals surface area contributed by atoms with Crippen molar-refractivity contribution >= 4 is 61.4 Å². The van der Waals surface area contributed by atoms with Crippen LogP contribution in [0.1, 0.15) is 26.7 Å². The summed E-state index contributed by atoms with van der Waals surface area (Å²) in [4.78, 5) is 9.76. The van der Waals surface area contributed by atoms with Crippen molar-refractivity contribution in [2.24, 2.45) is 0 Å². The average molecular weight is 992 g/mol. The third-order valence-corrected chi connectivity index (χ3v) is 14.8. The van der Waals surface area contributed by atoms with E-state index < -0.39 is 19.2 Å². The molecular weight excluding hydrogens is 947 g/mol. The van der Waals surface area contributed by atoms with Gasteiger partial charge in [-0.15, -0.1) is 18.2 Å². The zero-order valence-corrected chi connectivity index (χ0v) is 37.7. The second kappa shape index (κ2) is 16.3. The van der Waals surface area contributed by atoms with Crippen LogP contribution in [-0.2, 0) is 20.1 Å². The van der Waals surface area contributed by atoms with Gasteiger partial charge < -0.3 is 8.98 Å². The number of benzene rings is 7. The van der Waals surface area contributed by atoms with Crippen LogP contribution in [0.4, 0.5) is 0 Å². The van der Waals surface area contributed by atoms with Gasteiger partial charge in [0.2, 0.25) is 0 Å². The second-order valence-electron chi connectivity index (χ2n) is 15.7. The SMILES string of the molecule is [2H]C(C)(C)c1cc(-c2[c-]cccc2)nc[c]1[Ge]([CH3])([CH3])[CH3].[Ir].[c-]1ccc2c(oc3ccccc32)c1-c1nc2ccccc2n1-c1cccc2ccc(-c3ccccc3)cc12. The van der Waals surface area contributed by atoms with E-state index in [0.29, 0.717) is 0 Å². The first kappa shape index (κ1) is 38.0. The summed E-state index contributed by atoms with van der Waals surface area (Å²) in [5.74, 6) is 7.26. The Morgan fingerprint density at radius 2 is 1.47 bits per heavy atom. The Labute approximate surface area is 357 Å². The minimum absolute atomic E-state index is 0. The van der Waals surface area contributed by atoms with E-state index in [1.165, 1.54) is 20.9 Å². The molecule has 10 aromatic rings. The number of hydrogen-bond donors (Lipinski definition) is 0. The number of rotatable bonds is 6. The van der Waals surface area contributed by atoms with Crippen LogP contribution in [0.25, 0.3) is 83.2 Å². The van der Waals surface area contributed by atoms with E-state index in [4.69, 9.17) is 10.8 Å². The van der Waals surface area contributed by atoms with Crippen LogP contribution in [-0.4, -0.2) is 27.8 Å². The molecule has 0 bridgehead atoms. The zero-order valence-electron chi connectivity index (χ0n) is 34.2. The molecular formula is C52H43GeIrN3O-2. The second-order valence-corrected chi connectivity index (χ2v) is 26.2. The summed E-state index contributed by atoms with van der Waals surface area (Å²) in [6, 6.07) is 60.8. The van der Waals surface area contributed by atoms with Crippen molar-refractivity contribution in [1.82, 2.24) is 14.5 Å². The molecule has 0 spiro atoms. The third kappa shape index (κ3) is 7.46. The topological polar surface area (TPSA) is 43.9 Å². The molecule has 0 atom stereocenters. The summed E-state index contributed by atoms with van der Waals surface area (Å²) >= 11 is -2.03. The molecule has 0 amide bonds. The fourth-order valence-electron chi connectivity index (χ4n) is 7.72. The third-order valence-electron chi connectivity index (χ3n) is 10.6. The molecule has 0 aliphatic rings. The summed E-state index contributed by atoms with van der Waals surface area (Å²) in [7, 11) is 0. The smallest absolute Gasteiger partial charge is 0.120 e. The maximum atomic E-state index is 8.44. The van der Waals surface area contributed by atoms with Crippen LogP contribution in [0, 0.1) is 12.1 Å². The number of para-hydroxylation sites is 3. The fraction of sp³-hybridized carbons (Fsp3) is 0.115. The Balaban J connectivity index is 0.000000197. The molecule has 58 heavy (non-hydrogen) atoms. The quantitative estimate of drug-likeness (QED) is 0.123. The van der Waals surface area contributed by atoms with E-state index in [1.807, 2.05) is 74.6 Å². The van der Waals surface area contributed by atoms with Crippen LogP contribution in [0.15, 0.2) is 168 Å². The van der Waals surface area contributed by atoms with Gasteiger partial charge in [0.05, 0.1) is 22.4 Å². The van der Waals surface area contributed by atoms with Crippen molar-refractivity contribution in [3.05, 3.63) is 182 Å². The largest absolute Gasteiger partial charge is 0.501 e. The van der Waals surface area contributed by atoms with Crippen LogP contribution >= 0.6 is 0 Å². The molecule has 0 unspecified atom stereocenters. The van der Waals surface area contributed by atoms with Crippen molar-refractivity contribution in [2.75, 3.05) is 0 Å². The van der Waals surface area contributed by atoms with Crippen molar-refractivity contribution in [3.8, 4) is 39.5 Å². The van der Waals surface area contributed by atoms with Gasteiger partial charge in [-0.1, -0.05) is 95.9 Å². The molecule has 0 saturated carbocycles. The van der Waals surface area contributed by atoms with E-state index >= 15 is 0 Å². The number of pyridine rings is 1. The average Bonchev–Trinajstić information content (AvgIpc) is 3.82. The molecule has 7 aromatic carbocycles. The Hall–Kier alpha value is -5.59. The molecule has 10 rings (SSSR count). The van der Waals surface area contributed by atoms with E-state index in [1.54, 1.807) is 0 Å². The number of nitrogens with zero attached hydrogens (tertiary/aromatic N) is 3. The summed E-state index contributed by atoms with van der Waals surface area (Å²) < 4.78 is 18.4. The summed E-state index contributed by atoms with van der Waals surface area (Å²) in [6.07, 6.45) is 2.00. The molecule has 0 saturated heterocycles. The van der Waals surface area contributed by atoms with Crippen molar-refractivity contribution in [3.63, 3.8) is 0 Å². The number of imidazole rings is 1. The summed E-state index contributed by atoms with van der Waals surface area (Å²) in [5, 5.41) is 4.50. The normalized spacial score (nSPS) is 12.0. The molecule has 287 valence electrons. The van der Waals surface area contributed by atoms with Crippen LogP contribution in [0.2, 0.25) is 17.3 Å². The first-order valence-corrected chi connectivity index (χ1v) is 26.8. The Kier molecular flexibility index (Phi) is 10.7. The van der Waals surface area contributed by atoms with E-state index in [0.717, 1.165) is 72.3 Å². The number of fused-ring (bicyclic) bond motifs is 5. The first-order valence-electron chi connectivity index (χ1n) is 19.9. The summed E-state index contributed by atoms with van der Waals surface area (Å²) in [5.41, 5.74) is 11.0. The zero-order chi connectivity index (χ0) is 40.0. The van der Waals surface area contributed by atoms with E-state index in [-0.39, 0.29) is 20.1 Å². The van der Waals surface area contributed by atoms with Crippen LogP contribution in [0.3, 0.4) is 0 Å². The van der Waals surface area contributed by atoms with Gasteiger partial charge in [0.25, 0.3) is 0 Å². The Morgan fingerprint density at radius 3 is 2.26 bits per heavy atom. The predicted octanol–water partition coefficient (Wildman–Crippen LogP) is 13.4. The number of aromatic nitrogens is 3. The first-order chi connectivity index (χ1) is 28.0. The summed E-state index contributed by atoms with van der Waals surface area (Å²) in [6.45, 7) is 3.91. The van der Waals surface area contributed by atoms with Crippen LogP contribution < -0.4 is 4.40 Å². The minimum atomic E-state index is -2.03. The Morgan fingerprint density at radius 1 is 0.690 bits per heavy atom. The molecule has 1 radical (unpaired) electrons. The van der Waals surface area contributed by atoms with E-state index in [9.17, 15) is 0 Å². The fourth-order valence-corrected chi connectivity index (χ4v) is 11.0. The van der Waals surface area contributed by atoms with Crippen molar-refractivity contribution in [1.29, 1.82) is 0 Å². The number of hydrogen-bond acceptors (Lipinski definition) is 3. The molecule has 0 aliphatic heterocycles.